The molecule has 214 valence electrons. The van der Waals surface area contributed by atoms with Gasteiger partial charge in [-0.3, -0.25) is 9.10 Å². The summed E-state index contributed by atoms with van der Waals surface area (Å²) in [5.74, 6) is -1.26. The zero-order valence-electron chi connectivity index (χ0n) is 22.0. The molecule has 0 spiro atoms. The van der Waals surface area contributed by atoms with E-state index < -0.39 is 38.3 Å². The van der Waals surface area contributed by atoms with Crippen LogP contribution >= 0.6 is 11.8 Å². The standard InChI is InChI=1S/C27H30FN3O6S3/c1-37-26-14-13-24(39(33,34)30-15-4-3-5-16-30)18-25(26)29-27(32)19-31(21-8-6-7-20(28)17-21)40(35,36)23-11-9-22(38-2)10-12-23/h6-14,17-18H,3-5,15-16,19H2,1-2H3,(H,29,32). The molecule has 0 aliphatic carbocycles. The molecule has 1 saturated heterocycles. The Bertz CT molecular complexity index is 1580. The summed E-state index contributed by atoms with van der Waals surface area (Å²) in [6.07, 6.45) is 4.35. The fourth-order valence-corrected chi connectivity index (χ4v) is 7.71. The summed E-state index contributed by atoms with van der Waals surface area (Å²) < 4.78 is 75.3. The SMILES string of the molecule is COc1ccc(S(=O)(=O)N2CCCCC2)cc1NC(=O)CN(c1cccc(F)c1)S(=O)(=O)c1ccc(SC)cc1. The van der Waals surface area contributed by atoms with E-state index in [4.69, 9.17) is 4.74 Å². The molecule has 1 fully saturated rings. The fourth-order valence-electron chi connectivity index (χ4n) is 4.34. The topological polar surface area (TPSA) is 113 Å². The lowest BCUT2D eigenvalue weighted by Gasteiger charge is -2.26. The monoisotopic (exact) mass is 607 g/mol. The van der Waals surface area contributed by atoms with E-state index in [9.17, 15) is 26.0 Å². The fraction of sp³-hybridized carbons (Fsp3) is 0.296. The highest BCUT2D eigenvalue weighted by Gasteiger charge is 2.29. The third-order valence-corrected chi connectivity index (χ3v) is 10.9. The van der Waals surface area contributed by atoms with Crippen LogP contribution < -0.4 is 14.4 Å². The van der Waals surface area contributed by atoms with Crippen LogP contribution in [0.2, 0.25) is 0 Å². The number of anilines is 2. The minimum atomic E-state index is -4.28. The molecule has 40 heavy (non-hydrogen) atoms. The highest BCUT2D eigenvalue weighted by molar-refractivity contribution is 7.98. The normalized spacial score (nSPS) is 14.5. The first-order chi connectivity index (χ1) is 19.1. The van der Waals surface area contributed by atoms with Gasteiger partial charge in [-0.15, -0.1) is 11.8 Å². The molecule has 1 amide bonds. The van der Waals surface area contributed by atoms with Gasteiger partial charge in [-0.1, -0.05) is 12.5 Å². The molecular formula is C27H30FN3O6S3. The Kier molecular flexibility index (Phi) is 9.39. The van der Waals surface area contributed by atoms with E-state index >= 15 is 0 Å². The van der Waals surface area contributed by atoms with Crippen LogP contribution in [0.15, 0.2) is 81.4 Å². The van der Waals surface area contributed by atoms with Crippen molar-refractivity contribution >= 4 is 49.1 Å². The largest absolute Gasteiger partial charge is 0.495 e. The van der Waals surface area contributed by atoms with Crippen molar-refractivity contribution in [1.82, 2.24) is 4.31 Å². The summed E-state index contributed by atoms with van der Waals surface area (Å²) in [5.41, 5.74) is 0.0176. The summed E-state index contributed by atoms with van der Waals surface area (Å²) in [6.45, 7) is 0.116. The first-order valence-electron chi connectivity index (χ1n) is 12.5. The van der Waals surface area contributed by atoms with Crippen LogP contribution in [-0.4, -0.2) is 60.0 Å². The average molecular weight is 608 g/mol. The second kappa shape index (κ2) is 12.6. The summed E-state index contributed by atoms with van der Waals surface area (Å²) in [7, 11) is -6.72. The van der Waals surface area contributed by atoms with Gasteiger partial charge in [0.15, 0.2) is 0 Å². The molecule has 1 N–H and O–H groups in total. The van der Waals surface area contributed by atoms with Crippen LogP contribution in [0, 0.1) is 5.82 Å². The predicted octanol–water partition coefficient (Wildman–Crippen LogP) is 4.56. The van der Waals surface area contributed by atoms with Gasteiger partial charge in [0.2, 0.25) is 15.9 Å². The molecule has 9 nitrogen and oxygen atoms in total. The Hall–Kier alpha value is -3.13. The molecule has 1 heterocycles. The third-order valence-electron chi connectivity index (χ3n) is 6.43. The molecule has 0 saturated carbocycles. The van der Waals surface area contributed by atoms with E-state index in [1.807, 2.05) is 6.26 Å². The number of rotatable bonds is 10. The lowest BCUT2D eigenvalue weighted by molar-refractivity contribution is -0.114. The maximum atomic E-state index is 14.1. The van der Waals surface area contributed by atoms with Crippen LogP contribution in [0.1, 0.15) is 19.3 Å². The van der Waals surface area contributed by atoms with E-state index in [2.05, 4.69) is 5.32 Å². The van der Waals surface area contributed by atoms with Crippen molar-refractivity contribution in [1.29, 1.82) is 0 Å². The van der Waals surface area contributed by atoms with E-state index in [0.717, 1.165) is 34.5 Å². The van der Waals surface area contributed by atoms with Gasteiger partial charge in [0.25, 0.3) is 10.0 Å². The van der Waals surface area contributed by atoms with Crippen molar-refractivity contribution in [2.45, 2.75) is 33.9 Å². The van der Waals surface area contributed by atoms with E-state index in [1.54, 1.807) is 12.1 Å². The van der Waals surface area contributed by atoms with Crippen molar-refractivity contribution < 1.29 is 30.8 Å². The van der Waals surface area contributed by atoms with Crippen LogP contribution in [-0.2, 0) is 24.8 Å². The van der Waals surface area contributed by atoms with Crippen LogP contribution in [0.5, 0.6) is 5.75 Å². The minimum absolute atomic E-state index is 0.0195. The number of thioether (sulfide) groups is 1. The Morgan fingerprint density at radius 2 is 1.65 bits per heavy atom. The Morgan fingerprint density at radius 1 is 0.975 bits per heavy atom. The number of halogens is 1. The summed E-state index contributed by atoms with van der Waals surface area (Å²) in [4.78, 5) is 14.0. The second-order valence-corrected chi connectivity index (χ2v) is 13.7. The Balaban J connectivity index is 1.65. The van der Waals surface area contributed by atoms with E-state index in [-0.39, 0.29) is 26.9 Å². The van der Waals surface area contributed by atoms with Crippen molar-refractivity contribution in [3.8, 4) is 5.75 Å². The molecule has 0 aromatic heterocycles. The van der Waals surface area contributed by atoms with Gasteiger partial charge < -0.3 is 10.1 Å². The van der Waals surface area contributed by atoms with Crippen molar-refractivity contribution in [3.63, 3.8) is 0 Å². The Morgan fingerprint density at radius 3 is 2.27 bits per heavy atom. The van der Waals surface area contributed by atoms with Crippen molar-refractivity contribution in [2.24, 2.45) is 0 Å². The molecule has 0 unspecified atom stereocenters. The quantitative estimate of drug-likeness (QED) is 0.336. The van der Waals surface area contributed by atoms with Gasteiger partial charge >= 0.3 is 0 Å². The summed E-state index contributed by atoms with van der Waals surface area (Å²) >= 11 is 1.44. The number of hydrogen-bond acceptors (Lipinski definition) is 7. The van der Waals surface area contributed by atoms with Crippen LogP contribution in [0.25, 0.3) is 0 Å². The van der Waals surface area contributed by atoms with Crippen molar-refractivity contribution in [3.05, 3.63) is 72.5 Å². The van der Waals surface area contributed by atoms with Gasteiger partial charge in [0.1, 0.15) is 18.1 Å². The first kappa shape index (κ1) is 29.8. The number of sulfonamides is 2. The van der Waals surface area contributed by atoms with Gasteiger partial charge in [0, 0.05) is 18.0 Å². The smallest absolute Gasteiger partial charge is 0.264 e. The molecule has 1 aliphatic rings. The predicted molar refractivity (Wildman–Crippen MR) is 153 cm³/mol. The molecular weight excluding hydrogens is 578 g/mol. The number of hydrogen-bond donors (Lipinski definition) is 1. The highest BCUT2D eigenvalue weighted by Crippen LogP contribution is 2.31. The zero-order chi connectivity index (χ0) is 28.9. The second-order valence-electron chi connectivity index (χ2n) is 9.04. The lowest BCUT2D eigenvalue weighted by Crippen LogP contribution is -2.38. The zero-order valence-corrected chi connectivity index (χ0v) is 24.5. The summed E-state index contributed by atoms with van der Waals surface area (Å²) in [6, 6.07) is 15.2. The number of nitrogens with zero attached hydrogens (tertiary/aromatic N) is 2. The Labute approximate surface area is 238 Å². The average Bonchev–Trinajstić information content (AvgIpc) is 2.96. The molecule has 4 rings (SSSR count). The molecule has 3 aromatic rings. The third kappa shape index (κ3) is 6.60. The maximum absolute atomic E-state index is 14.1. The van der Waals surface area contributed by atoms with Crippen LogP contribution in [0.4, 0.5) is 15.8 Å². The lowest BCUT2D eigenvalue weighted by atomic mass is 10.2. The molecule has 0 bridgehead atoms. The van der Waals surface area contributed by atoms with Gasteiger partial charge in [-0.25, -0.2) is 21.2 Å². The van der Waals surface area contributed by atoms with E-state index in [0.29, 0.717) is 13.1 Å². The minimum Gasteiger partial charge on any atom is -0.495 e. The molecule has 0 radical (unpaired) electrons. The highest BCUT2D eigenvalue weighted by atomic mass is 32.2. The number of piperidine rings is 1. The van der Waals surface area contributed by atoms with Gasteiger partial charge in [0.05, 0.1) is 28.3 Å². The van der Waals surface area contributed by atoms with Crippen LogP contribution in [0.3, 0.4) is 0 Å². The molecule has 0 atom stereocenters. The van der Waals surface area contributed by atoms with E-state index in [1.165, 1.54) is 71.7 Å². The number of carbonyl (C=O) groups excluding carboxylic acids is 1. The number of carbonyl (C=O) groups is 1. The van der Waals surface area contributed by atoms with Gasteiger partial charge in [-0.2, -0.15) is 4.31 Å². The maximum Gasteiger partial charge on any atom is 0.264 e. The molecule has 3 aromatic carbocycles. The number of amides is 1. The number of benzene rings is 3. The molecule has 13 heteroatoms. The first-order valence-corrected chi connectivity index (χ1v) is 16.6. The molecule has 1 aliphatic heterocycles. The number of nitrogens with one attached hydrogen (secondary N) is 1. The number of ether oxygens (including phenoxy) is 1. The summed E-state index contributed by atoms with van der Waals surface area (Å²) in [5, 5.41) is 2.58. The van der Waals surface area contributed by atoms with Crippen molar-refractivity contribution in [2.75, 3.05) is 42.6 Å². The number of methoxy groups -OCH3 is 1. The van der Waals surface area contributed by atoms with Gasteiger partial charge in [-0.05, 0) is 79.8 Å².